The molecule has 0 N–H and O–H groups in total. The van der Waals surface area contributed by atoms with Crippen molar-refractivity contribution in [1.82, 2.24) is 4.98 Å². The van der Waals surface area contributed by atoms with Gasteiger partial charge in [0, 0.05) is 11.8 Å². The van der Waals surface area contributed by atoms with Crippen molar-refractivity contribution in [3.8, 4) is 0 Å². The Hall–Kier alpha value is -1.34. The second-order valence-corrected chi connectivity index (χ2v) is 5.27. The second kappa shape index (κ2) is 5.53. The summed E-state index contributed by atoms with van der Waals surface area (Å²) in [7, 11) is 0. The molecule has 0 saturated heterocycles. The first-order valence-corrected chi connectivity index (χ1v) is 6.82. The molecule has 1 aromatic heterocycles. The zero-order valence-electron chi connectivity index (χ0n) is 9.42. The van der Waals surface area contributed by atoms with Gasteiger partial charge < -0.3 is 4.42 Å². The highest BCUT2D eigenvalue weighted by molar-refractivity contribution is 9.10. The van der Waals surface area contributed by atoms with Gasteiger partial charge in [-0.15, -0.1) is 0 Å². The highest BCUT2D eigenvalue weighted by Gasteiger charge is 2.15. The monoisotopic (exact) mass is 328 g/mol. The summed E-state index contributed by atoms with van der Waals surface area (Å²) in [6.45, 7) is 1.84. The topological polar surface area (TPSA) is 69.2 Å². The van der Waals surface area contributed by atoms with Gasteiger partial charge in [-0.2, -0.15) is 0 Å². The van der Waals surface area contributed by atoms with Gasteiger partial charge in [-0.25, -0.2) is 4.98 Å². The average molecular weight is 329 g/mol. The number of halogens is 1. The number of oxazole rings is 1. The summed E-state index contributed by atoms with van der Waals surface area (Å²) in [5.74, 6) is 0.558. The molecular formula is C11H9BrN2O3S. The first-order chi connectivity index (χ1) is 8.58. The molecule has 18 heavy (non-hydrogen) atoms. The second-order valence-electron chi connectivity index (χ2n) is 3.55. The molecule has 5 nitrogen and oxygen atoms in total. The van der Waals surface area contributed by atoms with Gasteiger partial charge in [-0.1, -0.05) is 23.9 Å². The zero-order valence-corrected chi connectivity index (χ0v) is 11.8. The van der Waals surface area contributed by atoms with E-state index in [0.29, 0.717) is 15.4 Å². The number of nitro groups is 1. The molecule has 0 atom stereocenters. The molecule has 1 aromatic carbocycles. The van der Waals surface area contributed by atoms with Crippen LogP contribution in [0.2, 0.25) is 0 Å². The molecule has 0 radical (unpaired) electrons. The Kier molecular flexibility index (Phi) is 4.03. The van der Waals surface area contributed by atoms with Crippen LogP contribution in [0.4, 0.5) is 5.69 Å². The summed E-state index contributed by atoms with van der Waals surface area (Å²) in [6, 6.07) is 4.97. The number of hydrogen-bond acceptors (Lipinski definition) is 5. The molecule has 0 aliphatic rings. The highest BCUT2D eigenvalue weighted by Crippen LogP contribution is 2.32. The summed E-state index contributed by atoms with van der Waals surface area (Å²) in [6.07, 6.45) is 1.57. The third kappa shape index (κ3) is 2.91. The van der Waals surface area contributed by atoms with E-state index in [2.05, 4.69) is 20.9 Å². The lowest BCUT2D eigenvalue weighted by Gasteiger charge is -2.02. The van der Waals surface area contributed by atoms with Crippen molar-refractivity contribution in [2.24, 2.45) is 0 Å². The van der Waals surface area contributed by atoms with E-state index < -0.39 is 4.92 Å². The maximum Gasteiger partial charge on any atom is 0.283 e. The van der Waals surface area contributed by atoms with Gasteiger partial charge in [-0.05, 0) is 28.4 Å². The number of hydrogen-bond donors (Lipinski definition) is 0. The van der Waals surface area contributed by atoms with Crippen molar-refractivity contribution >= 4 is 33.4 Å². The number of rotatable bonds is 4. The van der Waals surface area contributed by atoms with E-state index >= 15 is 0 Å². The first kappa shape index (κ1) is 13.1. The fraction of sp³-hybridized carbons (Fsp3) is 0.182. The maximum atomic E-state index is 10.8. The van der Waals surface area contributed by atoms with Crippen molar-refractivity contribution in [2.75, 3.05) is 0 Å². The van der Waals surface area contributed by atoms with Crippen LogP contribution in [0, 0.1) is 17.0 Å². The Morgan fingerprint density at radius 2 is 2.33 bits per heavy atom. The molecule has 1 heterocycles. The van der Waals surface area contributed by atoms with Crippen LogP contribution in [0.1, 0.15) is 11.3 Å². The van der Waals surface area contributed by atoms with Gasteiger partial charge in [0.15, 0.2) is 0 Å². The molecule has 0 unspecified atom stereocenters. The summed E-state index contributed by atoms with van der Waals surface area (Å²) in [5.41, 5.74) is 1.72. The largest absolute Gasteiger partial charge is 0.440 e. The van der Waals surface area contributed by atoms with Crippen molar-refractivity contribution in [3.63, 3.8) is 0 Å². The van der Waals surface area contributed by atoms with Crippen molar-refractivity contribution in [2.45, 2.75) is 17.9 Å². The van der Waals surface area contributed by atoms with Gasteiger partial charge in [0.2, 0.25) is 0 Å². The standard InChI is InChI=1S/C11H9BrN2O3S/c1-7-5-17-11(13-7)18-6-8-3-2-4-9(10(8)12)14(15)16/h2-5H,6H2,1H3. The predicted octanol–water partition coefficient (Wildman–Crippen LogP) is 3.95. The van der Waals surface area contributed by atoms with Gasteiger partial charge >= 0.3 is 0 Å². The Morgan fingerprint density at radius 3 is 2.94 bits per heavy atom. The molecule has 0 aliphatic heterocycles. The van der Waals surface area contributed by atoms with Crippen LogP contribution in [0.15, 0.2) is 38.6 Å². The number of aryl methyl sites for hydroxylation is 1. The molecule has 0 saturated carbocycles. The van der Waals surface area contributed by atoms with Gasteiger partial charge in [0.1, 0.15) is 6.26 Å². The van der Waals surface area contributed by atoms with Gasteiger partial charge in [-0.3, -0.25) is 10.1 Å². The third-order valence-electron chi connectivity index (χ3n) is 2.20. The zero-order chi connectivity index (χ0) is 13.1. The number of nitrogens with zero attached hydrogens (tertiary/aromatic N) is 2. The lowest BCUT2D eigenvalue weighted by atomic mass is 10.2. The number of thioether (sulfide) groups is 1. The van der Waals surface area contributed by atoms with Gasteiger partial charge in [0.05, 0.1) is 15.1 Å². The normalized spacial score (nSPS) is 10.6. The fourth-order valence-electron chi connectivity index (χ4n) is 1.36. The minimum absolute atomic E-state index is 0.0664. The van der Waals surface area contributed by atoms with E-state index in [9.17, 15) is 10.1 Å². The summed E-state index contributed by atoms with van der Waals surface area (Å²) in [5, 5.41) is 11.4. The molecule has 94 valence electrons. The van der Waals surface area contributed by atoms with Crippen LogP contribution < -0.4 is 0 Å². The Balaban J connectivity index is 2.14. The Labute approximate surface area is 116 Å². The predicted molar refractivity (Wildman–Crippen MR) is 71.6 cm³/mol. The minimum Gasteiger partial charge on any atom is -0.440 e. The molecule has 0 aliphatic carbocycles. The lowest BCUT2D eigenvalue weighted by molar-refractivity contribution is -0.385. The van der Waals surface area contributed by atoms with Crippen LogP contribution in [0.25, 0.3) is 0 Å². The first-order valence-electron chi connectivity index (χ1n) is 5.04. The van der Waals surface area contributed by atoms with Crippen LogP contribution in [-0.2, 0) is 5.75 Å². The maximum absolute atomic E-state index is 10.8. The molecule has 0 fully saturated rings. The third-order valence-corrected chi connectivity index (χ3v) is 4.01. The molecule has 0 amide bonds. The van der Waals surface area contributed by atoms with Crippen LogP contribution >= 0.6 is 27.7 Å². The molecule has 7 heteroatoms. The van der Waals surface area contributed by atoms with Crippen molar-refractivity contribution < 1.29 is 9.34 Å². The summed E-state index contributed by atoms with van der Waals surface area (Å²) < 4.78 is 5.71. The van der Waals surface area contributed by atoms with Crippen molar-refractivity contribution in [1.29, 1.82) is 0 Å². The molecule has 2 aromatic rings. The number of aromatic nitrogens is 1. The van der Waals surface area contributed by atoms with E-state index in [4.69, 9.17) is 4.42 Å². The highest BCUT2D eigenvalue weighted by atomic mass is 79.9. The minimum atomic E-state index is -0.409. The lowest BCUT2D eigenvalue weighted by Crippen LogP contribution is -1.92. The quantitative estimate of drug-likeness (QED) is 0.483. The SMILES string of the molecule is Cc1coc(SCc2cccc([N+](=O)[O-])c2Br)n1. The smallest absolute Gasteiger partial charge is 0.283 e. The van der Waals surface area contributed by atoms with E-state index in [-0.39, 0.29) is 5.69 Å². The molecule has 0 spiro atoms. The Bertz CT molecular complexity index is 585. The Morgan fingerprint density at radius 1 is 1.56 bits per heavy atom. The van der Waals surface area contributed by atoms with E-state index in [1.54, 1.807) is 12.3 Å². The molecule has 2 rings (SSSR count). The molecular weight excluding hydrogens is 320 g/mol. The average Bonchev–Trinajstić information content (AvgIpc) is 2.73. The van der Waals surface area contributed by atoms with Crippen LogP contribution in [0.5, 0.6) is 0 Å². The number of nitro benzene ring substituents is 1. The van der Waals surface area contributed by atoms with E-state index in [1.165, 1.54) is 17.8 Å². The van der Waals surface area contributed by atoms with Crippen LogP contribution in [-0.4, -0.2) is 9.91 Å². The van der Waals surface area contributed by atoms with Gasteiger partial charge in [0.25, 0.3) is 10.9 Å². The summed E-state index contributed by atoms with van der Waals surface area (Å²) >= 11 is 4.65. The summed E-state index contributed by atoms with van der Waals surface area (Å²) in [4.78, 5) is 14.5. The fourth-order valence-corrected chi connectivity index (χ4v) is 2.94. The number of benzene rings is 1. The van der Waals surface area contributed by atoms with E-state index in [1.807, 2.05) is 13.0 Å². The van der Waals surface area contributed by atoms with Crippen LogP contribution in [0.3, 0.4) is 0 Å². The van der Waals surface area contributed by atoms with Crippen molar-refractivity contribution in [3.05, 3.63) is 50.3 Å². The molecule has 0 bridgehead atoms. The van der Waals surface area contributed by atoms with E-state index in [0.717, 1.165) is 11.3 Å².